The lowest BCUT2D eigenvalue weighted by atomic mass is 9.54. The molecule has 3 aliphatic rings. The number of nitrogens with one attached hydrogen (secondary N) is 1. The molecule has 7 heteroatoms. The van der Waals surface area contributed by atoms with Gasteiger partial charge in [-0.05, 0) is 56.9 Å². The number of carbonyl (C=O) groups excluding carboxylic acids is 3. The molecule has 7 nitrogen and oxygen atoms in total. The molecule has 0 unspecified atom stereocenters. The number of benzene rings is 1. The molecule has 1 spiro atoms. The Morgan fingerprint density at radius 3 is 2.46 bits per heavy atom. The van der Waals surface area contributed by atoms with E-state index in [0.717, 1.165) is 16.7 Å². The molecule has 4 rings (SSSR count). The zero-order valence-corrected chi connectivity index (χ0v) is 22.1. The van der Waals surface area contributed by atoms with Gasteiger partial charge in [-0.2, -0.15) is 0 Å². The minimum Gasteiger partial charge on any atom is -0.457 e. The van der Waals surface area contributed by atoms with Crippen LogP contribution in [0.1, 0.15) is 46.6 Å². The Hall–Kier alpha value is -3.03. The third kappa shape index (κ3) is 4.59. The fourth-order valence-electron chi connectivity index (χ4n) is 6.54. The molecule has 0 saturated carbocycles. The van der Waals surface area contributed by atoms with E-state index in [1.807, 2.05) is 44.2 Å². The molecule has 0 aromatic heterocycles. The van der Waals surface area contributed by atoms with Gasteiger partial charge in [0.15, 0.2) is 5.78 Å². The Bertz CT molecular complexity index is 1170. The first-order valence-electron chi connectivity index (χ1n) is 12.9. The maximum absolute atomic E-state index is 14.2. The Morgan fingerprint density at radius 1 is 1.14 bits per heavy atom. The van der Waals surface area contributed by atoms with E-state index in [-0.39, 0.29) is 17.7 Å². The van der Waals surface area contributed by atoms with Crippen molar-refractivity contribution in [1.82, 2.24) is 5.32 Å². The number of esters is 1. The summed E-state index contributed by atoms with van der Waals surface area (Å²) >= 11 is 0. The molecule has 1 aromatic carbocycles. The number of Topliss-reactive ketones (excluding diaryl/α,β-unsaturated/α-hetero) is 1. The lowest BCUT2D eigenvalue weighted by molar-refractivity contribution is -0.161. The highest BCUT2D eigenvalue weighted by Gasteiger charge is 2.67. The molecule has 1 aliphatic heterocycles. The summed E-state index contributed by atoms with van der Waals surface area (Å²) in [6.07, 6.45) is 5.17. The summed E-state index contributed by atoms with van der Waals surface area (Å²) in [5.74, 6) is -2.92. The van der Waals surface area contributed by atoms with Crippen LogP contribution in [-0.2, 0) is 25.5 Å². The first-order valence-corrected chi connectivity index (χ1v) is 12.9. The lowest BCUT2D eigenvalue weighted by Gasteiger charge is -2.49. The van der Waals surface area contributed by atoms with E-state index < -0.39 is 46.9 Å². The van der Waals surface area contributed by atoms with Crippen molar-refractivity contribution in [3.05, 3.63) is 71.3 Å². The second-order valence-electron chi connectivity index (χ2n) is 11.0. The number of hydrogen-bond donors (Lipinski definition) is 3. The van der Waals surface area contributed by atoms with Gasteiger partial charge in [0, 0.05) is 30.7 Å². The number of aliphatic hydroxyl groups is 2. The van der Waals surface area contributed by atoms with Crippen molar-refractivity contribution >= 4 is 17.7 Å². The van der Waals surface area contributed by atoms with E-state index in [2.05, 4.69) is 5.32 Å². The molecule has 1 saturated heterocycles. The number of hydrogen-bond acceptors (Lipinski definition) is 6. The van der Waals surface area contributed by atoms with Gasteiger partial charge in [0.25, 0.3) is 0 Å². The number of ketones is 1. The molecule has 3 N–H and O–H groups in total. The van der Waals surface area contributed by atoms with Gasteiger partial charge in [0.05, 0.1) is 6.10 Å². The fourth-order valence-corrected chi connectivity index (χ4v) is 6.54. The predicted octanol–water partition coefficient (Wildman–Crippen LogP) is 3.06. The van der Waals surface area contributed by atoms with Crippen molar-refractivity contribution < 1.29 is 29.3 Å². The van der Waals surface area contributed by atoms with E-state index in [1.165, 1.54) is 26.0 Å². The lowest BCUT2D eigenvalue weighted by Crippen LogP contribution is -2.58. The van der Waals surface area contributed by atoms with Crippen molar-refractivity contribution in [1.29, 1.82) is 0 Å². The van der Waals surface area contributed by atoms with Gasteiger partial charge in [0.1, 0.15) is 17.1 Å². The minimum atomic E-state index is -1.82. The summed E-state index contributed by atoms with van der Waals surface area (Å²) in [6.45, 7) is 8.20. The van der Waals surface area contributed by atoms with Gasteiger partial charge in [-0.3, -0.25) is 14.4 Å². The second-order valence-corrected chi connectivity index (χ2v) is 11.0. The van der Waals surface area contributed by atoms with Gasteiger partial charge in [-0.25, -0.2) is 0 Å². The van der Waals surface area contributed by atoms with Crippen LogP contribution < -0.4 is 5.32 Å². The standard InChI is InChI=1S/C30H37NO6/c1-17-10-9-13-22-26(33)19(3)18(2)25-23(16-21-11-7-6-8-12-21)31-28(35)30(22,25)24(37-20(4)32)14-15-29(5,36)27(17)34/h6-9,11-15,17,22-26,33,36H,10,16H2,1-5H3,(H,31,35)/t17-,22-,23-,24+,25-,26+,29+,30+/m0/s1. The van der Waals surface area contributed by atoms with E-state index in [1.54, 1.807) is 19.1 Å². The van der Waals surface area contributed by atoms with Crippen LogP contribution in [0.5, 0.6) is 0 Å². The van der Waals surface area contributed by atoms with E-state index in [9.17, 15) is 24.6 Å². The number of carbonyl (C=O) groups is 3. The first kappa shape index (κ1) is 27.0. The number of amides is 1. The molecule has 1 amide bonds. The zero-order chi connectivity index (χ0) is 27.1. The Kier molecular flexibility index (Phi) is 7.32. The minimum absolute atomic E-state index is 0.314. The normalized spacial score (nSPS) is 37.9. The SMILES string of the molecule is CC(=O)O[C@@H]1C=C[C@@](C)(O)C(=O)[C@@H](C)CC=C[C@H]2[C@H](O)C(C)=C(C)[C@H]3[C@H](Cc4ccccc4)NC(=O)[C@@]123. The highest BCUT2D eigenvalue weighted by molar-refractivity contribution is 5.91. The van der Waals surface area contributed by atoms with Crippen molar-refractivity contribution in [3.63, 3.8) is 0 Å². The van der Waals surface area contributed by atoms with Crippen molar-refractivity contribution in [2.45, 2.75) is 71.3 Å². The number of ether oxygens (including phenoxy) is 1. The summed E-state index contributed by atoms with van der Waals surface area (Å²) in [5, 5.41) is 25.7. The maximum atomic E-state index is 14.2. The summed E-state index contributed by atoms with van der Waals surface area (Å²) in [6, 6.07) is 9.52. The van der Waals surface area contributed by atoms with Crippen molar-refractivity contribution in [3.8, 4) is 0 Å². The zero-order valence-electron chi connectivity index (χ0n) is 22.1. The average Bonchev–Trinajstić information content (AvgIpc) is 3.13. The van der Waals surface area contributed by atoms with Crippen molar-refractivity contribution in [2.24, 2.45) is 23.2 Å². The van der Waals surface area contributed by atoms with Crippen LogP contribution in [0.15, 0.2) is 65.8 Å². The summed E-state index contributed by atoms with van der Waals surface area (Å²) in [4.78, 5) is 39.5. The van der Waals surface area contributed by atoms with E-state index >= 15 is 0 Å². The van der Waals surface area contributed by atoms with Gasteiger partial charge < -0.3 is 20.3 Å². The van der Waals surface area contributed by atoms with Gasteiger partial charge in [0.2, 0.25) is 5.91 Å². The number of aliphatic hydroxyl groups excluding tert-OH is 1. The molecule has 2 aliphatic carbocycles. The summed E-state index contributed by atoms with van der Waals surface area (Å²) in [5.41, 5.74) is -0.500. The monoisotopic (exact) mass is 507 g/mol. The molecule has 37 heavy (non-hydrogen) atoms. The maximum Gasteiger partial charge on any atom is 0.303 e. The summed E-state index contributed by atoms with van der Waals surface area (Å²) < 4.78 is 5.82. The predicted molar refractivity (Wildman–Crippen MR) is 139 cm³/mol. The molecule has 0 bridgehead atoms. The second kappa shape index (κ2) is 10.0. The van der Waals surface area contributed by atoms with Crippen LogP contribution in [0.3, 0.4) is 0 Å². The topological polar surface area (TPSA) is 113 Å². The highest BCUT2D eigenvalue weighted by atomic mass is 16.5. The van der Waals surface area contributed by atoms with E-state index in [0.29, 0.717) is 12.8 Å². The fraction of sp³-hybridized carbons (Fsp3) is 0.500. The van der Waals surface area contributed by atoms with Crippen LogP contribution in [0.4, 0.5) is 0 Å². The Morgan fingerprint density at radius 2 is 1.81 bits per heavy atom. The molecule has 198 valence electrons. The third-order valence-corrected chi connectivity index (χ3v) is 8.49. The van der Waals surface area contributed by atoms with Gasteiger partial charge >= 0.3 is 5.97 Å². The number of allylic oxidation sites excluding steroid dienone is 1. The Labute approximate surface area is 218 Å². The van der Waals surface area contributed by atoms with Gasteiger partial charge in [-0.1, -0.05) is 55.0 Å². The molecule has 1 heterocycles. The molecule has 1 fully saturated rings. The highest BCUT2D eigenvalue weighted by Crippen LogP contribution is 2.57. The smallest absolute Gasteiger partial charge is 0.303 e. The molecule has 0 radical (unpaired) electrons. The first-order chi connectivity index (χ1) is 17.4. The number of rotatable bonds is 3. The van der Waals surface area contributed by atoms with Crippen LogP contribution in [0.25, 0.3) is 0 Å². The van der Waals surface area contributed by atoms with Crippen LogP contribution in [0, 0.1) is 23.2 Å². The largest absolute Gasteiger partial charge is 0.457 e. The van der Waals surface area contributed by atoms with Crippen LogP contribution in [0.2, 0.25) is 0 Å². The Balaban J connectivity index is 1.96. The molecular formula is C30H37NO6. The molecule has 8 atom stereocenters. The van der Waals surface area contributed by atoms with Crippen LogP contribution >= 0.6 is 0 Å². The van der Waals surface area contributed by atoms with Crippen molar-refractivity contribution in [2.75, 3.05) is 0 Å². The van der Waals surface area contributed by atoms with E-state index in [4.69, 9.17) is 4.74 Å². The summed E-state index contributed by atoms with van der Waals surface area (Å²) in [7, 11) is 0. The average molecular weight is 508 g/mol. The molecular weight excluding hydrogens is 470 g/mol. The van der Waals surface area contributed by atoms with Gasteiger partial charge in [-0.15, -0.1) is 0 Å². The third-order valence-electron chi connectivity index (χ3n) is 8.49. The quantitative estimate of drug-likeness (QED) is 0.428. The van der Waals surface area contributed by atoms with Crippen LogP contribution in [-0.4, -0.2) is 51.7 Å². The molecule has 1 aromatic rings.